The third kappa shape index (κ3) is 3.07. The molecule has 1 aliphatic heterocycles. The van der Waals surface area contributed by atoms with E-state index in [0.29, 0.717) is 11.5 Å². The van der Waals surface area contributed by atoms with Gasteiger partial charge >= 0.3 is 6.03 Å². The topological polar surface area (TPSA) is 71.3 Å². The van der Waals surface area contributed by atoms with Crippen LogP contribution in [-0.4, -0.2) is 11.9 Å². The molecule has 1 fully saturated rings. The summed E-state index contributed by atoms with van der Waals surface area (Å²) >= 11 is 0. The predicted octanol–water partition coefficient (Wildman–Crippen LogP) is 3.79. The van der Waals surface area contributed by atoms with Crippen LogP contribution in [0.1, 0.15) is 5.76 Å². The van der Waals surface area contributed by atoms with E-state index in [0.717, 1.165) is 16.7 Å². The van der Waals surface area contributed by atoms with Crippen molar-refractivity contribution in [1.29, 1.82) is 0 Å². The molecule has 2 heterocycles. The lowest BCUT2D eigenvalue weighted by atomic mass is 10.0. The second-order valence-corrected chi connectivity index (χ2v) is 5.61. The first-order valence-electron chi connectivity index (χ1n) is 7.79. The van der Waals surface area contributed by atoms with Gasteiger partial charge < -0.3 is 9.73 Å². The van der Waals surface area contributed by atoms with Crippen molar-refractivity contribution in [1.82, 2.24) is 10.6 Å². The maximum atomic E-state index is 11.5. The van der Waals surface area contributed by atoms with E-state index in [1.165, 1.54) is 6.08 Å². The van der Waals surface area contributed by atoms with Gasteiger partial charge in [0.1, 0.15) is 17.2 Å². The number of urea groups is 1. The van der Waals surface area contributed by atoms with Crippen LogP contribution < -0.4 is 10.6 Å². The van der Waals surface area contributed by atoms with Gasteiger partial charge in [0.15, 0.2) is 0 Å². The first-order chi connectivity index (χ1) is 12.2. The van der Waals surface area contributed by atoms with Crippen LogP contribution in [0.15, 0.2) is 76.8 Å². The van der Waals surface area contributed by atoms with E-state index in [1.807, 2.05) is 48.5 Å². The summed E-state index contributed by atoms with van der Waals surface area (Å²) in [6.45, 7) is 0. The molecule has 0 bridgehead atoms. The van der Waals surface area contributed by atoms with Gasteiger partial charge in [0.05, 0.1) is 0 Å². The van der Waals surface area contributed by atoms with Gasteiger partial charge in [-0.3, -0.25) is 10.1 Å². The molecule has 122 valence electrons. The normalized spacial score (nSPS) is 15.3. The highest BCUT2D eigenvalue weighted by atomic mass is 16.3. The number of carbonyl (C=O) groups is 2. The van der Waals surface area contributed by atoms with Crippen molar-refractivity contribution in [3.05, 3.63) is 78.2 Å². The number of nitrogens with one attached hydrogen (secondary N) is 2. The molecule has 0 atom stereocenters. The summed E-state index contributed by atoms with van der Waals surface area (Å²) in [5.74, 6) is 0.723. The van der Waals surface area contributed by atoms with Crippen LogP contribution in [0.5, 0.6) is 0 Å². The van der Waals surface area contributed by atoms with Crippen LogP contribution in [0, 0.1) is 0 Å². The summed E-state index contributed by atoms with van der Waals surface area (Å²) in [6.07, 6.45) is 1.50. The van der Waals surface area contributed by atoms with Gasteiger partial charge in [0.25, 0.3) is 5.91 Å². The van der Waals surface area contributed by atoms with Gasteiger partial charge in [-0.2, -0.15) is 0 Å². The number of imide groups is 1. The third-order valence-corrected chi connectivity index (χ3v) is 3.91. The van der Waals surface area contributed by atoms with E-state index in [2.05, 4.69) is 22.8 Å². The second-order valence-electron chi connectivity index (χ2n) is 5.61. The molecule has 0 saturated carbocycles. The molecule has 0 spiro atoms. The minimum atomic E-state index is -0.528. The third-order valence-electron chi connectivity index (χ3n) is 3.91. The smallest absolute Gasteiger partial charge is 0.326 e. The lowest BCUT2D eigenvalue weighted by Crippen LogP contribution is -2.22. The van der Waals surface area contributed by atoms with Gasteiger partial charge in [-0.05, 0) is 23.3 Å². The first kappa shape index (κ1) is 15.0. The molecule has 1 aliphatic rings. The fourth-order valence-electron chi connectivity index (χ4n) is 2.67. The van der Waals surface area contributed by atoms with E-state index in [-0.39, 0.29) is 5.70 Å². The maximum absolute atomic E-state index is 11.5. The summed E-state index contributed by atoms with van der Waals surface area (Å²) in [4.78, 5) is 22.6. The van der Waals surface area contributed by atoms with Crippen molar-refractivity contribution in [2.45, 2.75) is 0 Å². The highest BCUT2D eigenvalue weighted by molar-refractivity contribution is 6.13. The second kappa shape index (κ2) is 6.13. The van der Waals surface area contributed by atoms with Crippen LogP contribution in [0.2, 0.25) is 0 Å². The van der Waals surface area contributed by atoms with Gasteiger partial charge in [0, 0.05) is 11.6 Å². The molecular formula is C20H14N2O3. The highest BCUT2D eigenvalue weighted by Gasteiger charge is 2.23. The van der Waals surface area contributed by atoms with Crippen molar-refractivity contribution >= 4 is 18.0 Å². The predicted molar refractivity (Wildman–Crippen MR) is 94.2 cm³/mol. The summed E-state index contributed by atoms with van der Waals surface area (Å²) in [5, 5.41) is 4.58. The summed E-state index contributed by atoms with van der Waals surface area (Å²) in [5.41, 5.74) is 3.39. The Morgan fingerprint density at radius 1 is 0.720 bits per heavy atom. The molecule has 25 heavy (non-hydrogen) atoms. The van der Waals surface area contributed by atoms with E-state index in [9.17, 15) is 9.59 Å². The SMILES string of the molecule is O=C1NC(=O)C(=Cc2ccc(-c3ccc(-c4ccccc4)cc3)o2)N1. The first-order valence-corrected chi connectivity index (χ1v) is 7.79. The summed E-state index contributed by atoms with van der Waals surface area (Å²) in [7, 11) is 0. The Kier molecular flexibility index (Phi) is 3.67. The number of furan rings is 1. The Bertz CT molecular complexity index is 970. The Labute approximate surface area is 144 Å². The van der Waals surface area contributed by atoms with Gasteiger partial charge in [-0.25, -0.2) is 4.79 Å². The monoisotopic (exact) mass is 330 g/mol. The van der Waals surface area contributed by atoms with Crippen molar-refractivity contribution in [2.75, 3.05) is 0 Å². The molecule has 5 nitrogen and oxygen atoms in total. The van der Waals surface area contributed by atoms with E-state index in [1.54, 1.807) is 6.07 Å². The van der Waals surface area contributed by atoms with Crippen LogP contribution in [0.25, 0.3) is 28.5 Å². The number of benzene rings is 2. The zero-order valence-electron chi connectivity index (χ0n) is 13.2. The minimum absolute atomic E-state index is 0.172. The highest BCUT2D eigenvalue weighted by Crippen LogP contribution is 2.27. The average Bonchev–Trinajstić information content (AvgIpc) is 3.22. The quantitative estimate of drug-likeness (QED) is 0.567. The van der Waals surface area contributed by atoms with Crippen LogP contribution in [0.4, 0.5) is 4.79 Å². The lowest BCUT2D eigenvalue weighted by molar-refractivity contribution is -0.115. The van der Waals surface area contributed by atoms with Gasteiger partial charge in [-0.1, -0.05) is 54.6 Å². The summed E-state index contributed by atoms with van der Waals surface area (Å²) < 4.78 is 5.75. The molecule has 0 aliphatic carbocycles. The van der Waals surface area contributed by atoms with Gasteiger partial charge in [-0.15, -0.1) is 0 Å². The van der Waals surface area contributed by atoms with Crippen molar-refractivity contribution in [3.8, 4) is 22.5 Å². The number of carbonyl (C=O) groups excluding carboxylic acids is 2. The zero-order valence-corrected chi connectivity index (χ0v) is 13.2. The maximum Gasteiger partial charge on any atom is 0.326 e. The Hall–Kier alpha value is -3.60. The molecular weight excluding hydrogens is 316 g/mol. The molecule has 2 N–H and O–H groups in total. The Balaban J connectivity index is 1.57. The molecule has 1 saturated heterocycles. The average molecular weight is 330 g/mol. The van der Waals surface area contributed by atoms with Crippen molar-refractivity contribution in [2.24, 2.45) is 0 Å². The number of rotatable bonds is 3. The minimum Gasteiger partial charge on any atom is -0.457 e. The van der Waals surface area contributed by atoms with E-state index >= 15 is 0 Å². The summed E-state index contributed by atoms with van der Waals surface area (Å²) in [6, 6.07) is 21.2. The molecule has 0 radical (unpaired) electrons. The van der Waals surface area contributed by atoms with Crippen molar-refractivity contribution < 1.29 is 14.0 Å². The Morgan fingerprint density at radius 2 is 1.40 bits per heavy atom. The lowest BCUT2D eigenvalue weighted by Gasteiger charge is -2.02. The Morgan fingerprint density at radius 3 is 2.08 bits per heavy atom. The molecule has 2 aromatic carbocycles. The van der Waals surface area contributed by atoms with E-state index < -0.39 is 11.9 Å². The molecule has 0 unspecified atom stereocenters. The largest absolute Gasteiger partial charge is 0.457 e. The van der Waals surface area contributed by atoms with Crippen LogP contribution >= 0.6 is 0 Å². The zero-order chi connectivity index (χ0) is 17.2. The molecule has 4 rings (SSSR count). The standard InChI is InChI=1S/C20H14N2O3/c23-19-17(21-20(24)22-19)12-16-10-11-18(25-16)15-8-6-14(7-9-15)13-4-2-1-3-5-13/h1-12H,(H2,21,22,23,24). The molecule has 3 aromatic rings. The van der Waals surface area contributed by atoms with Crippen LogP contribution in [-0.2, 0) is 4.79 Å². The van der Waals surface area contributed by atoms with Crippen LogP contribution in [0.3, 0.4) is 0 Å². The van der Waals surface area contributed by atoms with Gasteiger partial charge in [0.2, 0.25) is 0 Å². The molecule has 3 amide bonds. The number of amides is 3. The molecule has 1 aromatic heterocycles. The fraction of sp³-hybridized carbons (Fsp3) is 0. The molecule has 5 heteroatoms. The fourth-order valence-corrected chi connectivity index (χ4v) is 2.67. The van der Waals surface area contributed by atoms with E-state index in [4.69, 9.17) is 4.42 Å². The number of hydrogen-bond donors (Lipinski definition) is 2. The number of hydrogen-bond acceptors (Lipinski definition) is 3. The van der Waals surface area contributed by atoms with Crippen molar-refractivity contribution in [3.63, 3.8) is 0 Å².